The van der Waals surface area contributed by atoms with Gasteiger partial charge < -0.3 is 14.8 Å². The Morgan fingerprint density at radius 2 is 2.00 bits per heavy atom. The molecule has 102 valence electrons. The van der Waals surface area contributed by atoms with Crippen molar-refractivity contribution >= 4 is 12.1 Å². The zero-order chi connectivity index (χ0) is 13.6. The number of alkyl carbamates (subject to hydrolysis) is 1. The van der Waals surface area contributed by atoms with E-state index in [0.717, 1.165) is 12.8 Å². The summed E-state index contributed by atoms with van der Waals surface area (Å²) in [4.78, 5) is 22.3. The van der Waals surface area contributed by atoms with Crippen LogP contribution in [0.15, 0.2) is 0 Å². The summed E-state index contributed by atoms with van der Waals surface area (Å²) in [7, 11) is 0. The molecular weight excluding hydrogens is 234 g/mol. The molecule has 0 aliphatic heterocycles. The molecule has 5 nitrogen and oxygen atoms in total. The Labute approximate surface area is 107 Å². The quantitative estimate of drug-likeness (QED) is 0.782. The Morgan fingerprint density at radius 3 is 2.56 bits per heavy atom. The maximum Gasteiger partial charge on any atom is 0.407 e. The first-order valence-electron chi connectivity index (χ1n) is 6.36. The molecule has 0 heterocycles. The van der Waals surface area contributed by atoms with Crippen molar-refractivity contribution in [3.63, 3.8) is 0 Å². The fourth-order valence-corrected chi connectivity index (χ4v) is 2.49. The van der Waals surface area contributed by atoms with Gasteiger partial charge in [0.2, 0.25) is 0 Å². The van der Waals surface area contributed by atoms with E-state index in [0.29, 0.717) is 12.5 Å². The zero-order valence-electron chi connectivity index (χ0n) is 11.4. The molecule has 0 aromatic rings. The molecule has 0 bridgehead atoms. The summed E-state index contributed by atoms with van der Waals surface area (Å²) in [5.74, 6) is 0.163. The van der Waals surface area contributed by atoms with Gasteiger partial charge in [-0.3, -0.25) is 4.79 Å². The van der Waals surface area contributed by atoms with E-state index < -0.39 is 5.60 Å². The summed E-state index contributed by atoms with van der Waals surface area (Å²) in [6, 6.07) is 0.188. The van der Waals surface area contributed by atoms with Crippen molar-refractivity contribution in [1.82, 2.24) is 5.32 Å². The fourth-order valence-electron chi connectivity index (χ4n) is 2.49. The van der Waals surface area contributed by atoms with Gasteiger partial charge >= 0.3 is 12.1 Å². The molecule has 2 fully saturated rings. The third-order valence-corrected chi connectivity index (χ3v) is 3.58. The lowest BCUT2D eigenvalue weighted by atomic mass is 10.2. The lowest BCUT2D eigenvalue weighted by molar-refractivity contribution is -0.141. The van der Waals surface area contributed by atoms with Gasteiger partial charge in [0.1, 0.15) is 5.60 Å². The van der Waals surface area contributed by atoms with E-state index in [2.05, 4.69) is 5.32 Å². The van der Waals surface area contributed by atoms with E-state index in [1.54, 1.807) is 0 Å². The van der Waals surface area contributed by atoms with Crippen molar-refractivity contribution in [3.05, 3.63) is 0 Å². The second kappa shape index (κ2) is 4.14. The summed E-state index contributed by atoms with van der Waals surface area (Å²) < 4.78 is 10.2. The fraction of sp³-hybridized carbons (Fsp3) is 0.846. The van der Waals surface area contributed by atoms with Gasteiger partial charge in [0.05, 0.1) is 6.61 Å². The highest BCUT2D eigenvalue weighted by atomic mass is 16.6. The molecule has 18 heavy (non-hydrogen) atoms. The van der Waals surface area contributed by atoms with Gasteiger partial charge in [-0.1, -0.05) is 0 Å². The van der Waals surface area contributed by atoms with Gasteiger partial charge in [0, 0.05) is 18.9 Å². The molecule has 3 atom stereocenters. The minimum absolute atomic E-state index is 0.187. The minimum Gasteiger partial charge on any atom is -0.466 e. The van der Waals surface area contributed by atoms with Crippen LogP contribution in [0.4, 0.5) is 4.79 Å². The normalized spacial score (nSPS) is 32.9. The van der Waals surface area contributed by atoms with E-state index in [9.17, 15) is 9.59 Å². The molecule has 2 saturated carbocycles. The molecule has 2 aliphatic carbocycles. The van der Waals surface area contributed by atoms with E-state index in [1.165, 1.54) is 6.92 Å². The van der Waals surface area contributed by atoms with Gasteiger partial charge in [-0.05, 0) is 39.0 Å². The number of rotatable bonds is 3. The van der Waals surface area contributed by atoms with Gasteiger partial charge in [-0.2, -0.15) is 0 Å². The lowest BCUT2D eigenvalue weighted by Crippen LogP contribution is -2.34. The van der Waals surface area contributed by atoms with Crippen LogP contribution in [0.3, 0.4) is 0 Å². The van der Waals surface area contributed by atoms with Crippen LogP contribution < -0.4 is 5.32 Å². The molecule has 0 aromatic heterocycles. The number of ether oxygens (including phenoxy) is 2. The smallest absolute Gasteiger partial charge is 0.407 e. The van der Waals surface area contributed by atoms with E-state index in [4.69, 9.17) is 9.47 Å². The number of amides is 1. The number of esters is 1. The SMILES string of the molecule is CC(=O)OC[C@@H]1C[C@]12C[C@@H]2NC(=O)OC(C)(C)C. The largest absolute Gasteiger partial charge is 0.466 e. The third kappa shape index (κ3) is 2.94. The van der Waals surface area contributed by atoms with Crippen molar-refractivity contribution in [2.24, 2.45) is 11.3 Å². The average Bonchev–Trinajstić information content (AvgIpc) is 3.01. The van der Waals surface area contributed by atoms with Gasteiger partial charge in [-0.25, -0.2) is 4.79 Å². The van der Waals surface area contributed by atoms with E-state index >= 15 is 0 Å². The first-order chi connectivity index (χ1) is 8.23. The summed E-state index contributed by atoms with van der Waals surface area (Å²) in [5.41, 5.74) is -0.279. The van der Waals surface area contributed by atoms with Crippen LogP contribution >= 0.6 is 0 Å². The maximum atomic E-state index is 11.6. The maximum absolute atomic E-state index is 11.6. The summed E-state index contributed by atoms with van der Waals surface area (Å²) in [6.07, 6.45) is 1.64. The monoisotopic (exact) mass is 255 g/mol. The molecule has 0 unspecified atom stereocenters. The van der Waals surface area contributed by atoms with Crippen LogP contribution in [0.1, 0.15) is 40.5 Å². The first-order valence-corrected chi connectivity index (χ1v) is 6.36. The third-order valence-electron chi connectivity index (χ3n) is 3.58. The zero-order valence-corrected chi connectivity index (χ0v) is 11.4. The van der Waals surface area contributed by atoms with Gasteiger partial charge in [0.15, 0.2) is 0 Å². The topological polar surface area (TPSA) is 64.6 Å². The average molecular weight is 255 g/mol. The van der Waals surface area contributed by atoms with Crippen molar-refractivity contribution in [2.45, 2.75) is 52.2 Å². The van der Waals surface area contributed by atoms with Crippen molar-refractivity contribution < 1.29 is 19.1 Å². The highest BCUT2D eigenvalue weighted by Crippen LogP contribution is 2.70. The minimum atomic E-state index is -0.465. The van der Waals surface area contributed by atoms with Crippen LogP contribution in [0, 0.1) is 11.3 Å². The number of carbonyl (C=O) groups excluding carboxylic acids is 2. The van der Waals surface area contributed by atoms with Crippen LogP contribution in [0.5, 0.6) is 0 Å². The highest BCUT2D eigenvalue weighted by Gasteiger charge is 2.71. The molecule has 1 amide bonds. The second-order valence-electron chi connectivity index (χ2n) is 6.34. The van der Waals surface area contributed by atoms with Crippen molar-refractivity contribution in [3.8, 4) is 0 Å². The van der Waals surface area contributed by atoms with Gasteiger partial charge in [0.25, 0.3) is 0 Å². The number of nitrogens with one attached hydrogen (secondary N) is 1. The second-order valence-corrected chi connectivity index (χ2v) is 6.34. The number of hydrogen-bond donors (Lipinski definition) is 1. The molecular formula is C13H21NO4. The molecule has 0 saturated heterocycles. The van der Waals surface area contributed by atoms with Crippen LogP contribution in [0.25, 0.3) is 0 Å². The van der Waals surface area contributed by atoms with E-state index in [-0.39, 0.29) is 23.5 Å². The van der Waals surface area contributed by atoms with Gasteiger partial charge in [-0.15, -0.1) is 0 Å². The molecule has 5 heteroatoms. The predicted octanol–water partition coefficient (Wildman–Crippen LogP) is 1.85. The molecule has 0 radical (unpaired) electrons. The van der Waals surface area contributed by atoms with Crippen LogP contribution in [-0.2, 0) is 14.3 Å². The first kappa shape index (κ1) is 13.2. The lowest BCUT2D eigenvalue weighted by Gasteiger charge is -2.19. The number of carbonyl (C=O) groups is 2. The van der Waals surface area contributed by atoms with E-state index in [1.807, 2.05) is 20.8 Å². The summed E-state index contributed by atoms with van der Waals surface area (Å²) in [6.45, 7) is 7.42. The Kier molecular flexibility index (Phi) is 3.03. The van der Waals surface area contributed by atoms with Crippen molar-refractivity contribution in [2.75, 3.05) is 6.61 Å². The van der Waals surface area contributed by atoms with Crippen LogP contribution in [-0.4, -0.2) is 30.3 Å². The Hall–Kier alpha value is -1.26. The highest BCUT2D eigenvalue weighted by molar-refractivity contribution is 5.69. The molecule has 0 aromatic carbocycles. The molecule has 2 rings (SSSR count). The Morgan fingerprint density at radius 1 is 1.33 bits per heavy atom. The molecule has 2 aliphatic rings. The van der Waals surface area contributed by atoms with Crippen molar-refractivity contribution in [1.29, 1.82) is 0 Å². The Balaban J connectivity index is 1.70. The summed E-state index contributed by atoms with van der Waals surface area (Å²) in [5, 5.41) is 2.88. The molecule has 1 N–H and O–H groups in total. The van der Waals surface area contributed by atoms with Crippen LogP contribution in [0.2, 0.25) is 0 Å². The molecule has 1 spiro atoms. The number of hydrogen-bond acceptors (Lipinski definition) is 4. The standard InChI is InChI=1S/C13H21NO4/c1-8(15)17-7-9-5-13(9)6-10(13)14-11(16)18-12(2,3)4/h9-10H,5-7H2,1-4H3,(H,14,16)/t9-,10-,13-/m0/s1. The Bertz CT molecular complexity index is 374. The predicted molar refractivity (Wildman–Crippen MR) is 64.9 cm³/mol. The summed E-state index contributed by atoms with van der Waals surface area (Å²) >= 11 is 0.